The molecule has 0 radical (unpaired) electrons. The van der Waals surface area contributed by atoms with E-state index in [1.54, 1.807) is 24.3 Å². The van der Waals surface area contributed by atoms with Crippen LogP contribution in [0.3, 0.4) is 0 Å². The summed E-state index contributed by atoms with van der Waals surface area (Å²) in [6, 6.07) is 14.8. The molecular weight excluding hydrogens is 410 g/mol. The molecular formula is C20H22ClN5O2S. The Hall–Kier alpha value is -2.71. The summed E-state index contributed by atoms with van der Waals surface area (Å²) in [5, 5.41) is 12.0. The molecule has 0 unspecified atom stereocenters. The van der Waals surface area contributed by atoms with Crippen LogP contribution in [0.25, 0.3) is 0 Å². The number of halogens is 1. The zero-order valence-electron chi connectivity index (χ0n) is 16.1. The number of nitrogen functional groups attached to an aromatic ring is 1. The fourth-order valence-corrected chi connectivity index (χ4v) is 3.26. The van der Waals surface area contributed by atoms with E-state index in [1.165, 1.54) is 22.0 Å². The predicted octanol–water partition coefficient (Wildman–Crippen LogP) is 4.08. The van der Waals surface area contributed by atoms with Crippen molar-refractivity contribution in [3.63, 3.8) is 0 Å². The largest absolute Gasteiger partial charge is 0.486 e. The Morgan fingerprint density at radius 2 is 1.86 bits per heavy atom. The molecule has 0 atom stereocenters. The Morgan fingerprint density at radius 3 is 2.52 bits per heavy atom. The van der Waals surface area contributed by atoms with Crippen LogP contribution >= 0.6 is 23.4 Å². The second-order valence-electron chi connectivity index (χ2n) is 6.62. The first kappa shape index (κ1) is 21.0. The highest BCUT2D eigenvalue weighted by Crippen LogP contribution is 2.20. The van der Waals surface area contributed by atoms with Crippen LogP contribution in [-0.2, 0) is 11.4 Å². The molecule has 0 bridgehead atoms. The first-order valence-electron chi connectivity index (χ1n) is 9.02. The van der Waals surface area contributed by atoms with Gasteiger partial charge < -0.3 is 15.9 Å². The van der Waals surface area contributed by atoms with Gasteiger partial charge in [0, 0.05) is 10.7 Å². The molecule has 1 amide bonds. The maximum Gasteiger partial charge on any atom is 0.234 e. The summed E-state index contributed by atoms with van der Waals surface area (Å²) in [7, 11) is 0. The molecule has 1 aromatic heterocycles. The molecule has 3 N–H and O–H groups in total. The van der Waals surface area contributed by atoms with Crippen LogP contribution < -0.4 is 15.9 Å². The number of nitrogens with two attached hydrogens (primary N) is 1. The molecule has 0 aliphatic carbocycles. The number of thioether (sulfide) groups is 1. The number of rotatable bonds is 8. The summed E-state index contributed by atoms with van der Waals surface area (Å²) < 4.78 is 6.95. The third kappa shape index (κ3) is 5.88. The number of hydrogen-bond acceptors (Lipinski definition) is 6. The molecule has 3 aromatic rings. The topological polar surface area (TPSA) is 95.1 Å². The monoisotopic (exact) mass is 431 g/mol. The van der Waals surface area contributed by atoms with Gasteiger partial charge in [-0.15, -0.1) is 10.2 Å². The van der Waals surface area contributed by atoms with Gasteiger partial charge in [0.1, 0.15) is 12.4 Å². The summed E-state index contributed by atoms with van der Waals surface area (Å²) in [5.41, 5.74) is 1.98. The number of nitrogens with zero attached hydrogens (tertiary/aromatic N) is 3. The fourth-order valence-electron chi connectivity index (χ4n) is 2.46. The number of ether oxygens (including phenoxy) is 1. The van der Waals surface area contributed by atoms with Crippen molar-refractivity contribution in [2.75, 3.05) is 16.9 Å². The number of carbonyl (C=O) groups is 1. The molecule has 0 spiro atoms. The molecule has 3 rings (SSSR count). The van der Waals surface area contributed by atoms with Crippen molar-refractivity contribution in [2.24, 2.45) is 0 Å². The Balaban J connectivity index is 1.50. The Bertz CT molecular complexity index is 958. The van der Waals surface area contributed by atoms with Gasteiger partial charge in [-0.05, 0) is 47.9 Å². The average Bonchev–Trinajstić information content (AvgIpc) is 3.06. The van der Waals surface area contributed by atoms with E-state index in [-0.39, 0.29) is 18.3 Å². The van der Waals surface area contributed by atoms with Crippen LogP contribution in [0.5, 0.6) is 5.75 Å². The van der Waals surface area contributed by atoms with Crippen LogP contribution in [0.1, 0.15) is 31.2 Å². The van der Waals surface area contributed by atoms with Gasteiger partial charge in [-0.25, -0.2) is 4.68 Å². The summed E-state index contributed by atoms with van der Waals surface area (Å²) in [6.07, 6.45) is 0. The van der Waals surface area contributed by atoms with Gasteiger partial charge in [-0.1, -0.05) is 49.3 Å². The van der Waals surface area contributed by atoms with Crippen LogP contribution in [0.15, 0.2) is 53.7 Å². The lowest BCUT2D eigenvalue weighted by molar-refractivity contribution is -0.113. The van der Waals surface area contributed by atoms with Crippen molar-refractivity contribution < 1.29 is 9.53 Å². The molecule has 0 fully saturated rings. The molecule has 0 saturated heterocycles. The van der Waals surface area contributed by atoms with E-state index in [0.29, 0.717) is 27.7 Å². The number of aromatic nitrogens is 3. The van der Waals surface area contributed by atoms with Gasteiger partial charge in [-0.2, -0.15) is 0 Å². The van der Waals surface area contributed by atoms with Gasteiger partial charge in [0.2, 0.25) is 11.1 Å². The van der Waals surface area contributed by atoms with E-state index in [4.69, 9.17) is 22.2 Å². The van der Waals surface area contributed by atoms with Crippen molar-refractivity contribution in [2.45, 2.75) is 31.5 Å². The predicted molar refractivity (Wildman–Crippen MR) is 116 cm³/mol. The zero-order valence-corrected chi connectivity index (χ0v) is 17.7. The van der Waals surface area contributed by atoms with Crippen LogP contribution in [0.2, 0.25) is 5.02 Å². The molecule has 0 saturated carbocycles. The molecule has 0 aliphatic rings. The normalized spacial score (nSPS) is 10.9. The smallest absolute Gasteiger partial charge is 0.234 e. The van der Waals surface area contributed by atoms with Crippen molar-refractivity contribution in [3.8, 4) is 5.75 Å². The SMILES string of the molecule is CC(C)c1ccc(NC(=O)CSc2nnc(COc3ccc(Cl)cc3)n2N)cc1. The van der Waals surface area contributed by atoms with Crippen molar-refractivity contribution in [1.82, 2.24) is 14.9 Å². The van der Waals surface area contributed by atoms with E-state index in [1.807, 2.05) is 24.3 Å². The van der Waals surface area contributed by atoms with Gasteiger partial charge in [-0.3, -0.25) is 4.79 Å². The molecule has 152 valence electrons. The quantitative estimate of drug-likeness (QED) is 0.412. The minimum absolute atomic E-state index is 0.144. The third-order valence-corrected chi connectivity index (χ3v) is 5.31. The van der Waals surface area contributed by atoms with Crippen LogP contribution in [-0.4, -0.2) is 26.5 Å². The summed E-state index contributed by atoms with van der Waals surface area (Å²) in [4.78, 5) is 12.2. The maximum atomic E-state index is 12.2. The highest BCUT2D eigenvalue weighted by atomic mass is 35.5. The second kappa shape index (κ2) is 9.67. The van der Waals surface area contributed by atoms with Crippen molar-refractivity contribution in [1.29, 1.82) is 0 Å². The molecule has 2 aromatic carbocycles. The molecule has 7 nitrogen and oxygen atoms in total. The average molecular weight is 432 g/mol. The summed E-state index contributed by atoms with van der Waals surface area (Å²) in [5.74, 6) is 7.58. The van der Waals surface area contributed by atoms with Gasteiger partial charge in [0.05, 0.1) is 5.75 Å². The zero-order chi connectivity index (χ0) is 20.8. The lowest BCUT2D eigenvalue weighted by atomic mass is 10.0. The summed E-state index contributed by atoms with van der Waals surface area (Å²) >= 11 is 7.06. The van der Waals surface area contributed by atoms with E-state index in [2.05, 4.69) is 29.4 Å². The minimum Gasteiger partial charge on any atom is -0.486 e. The molecule has 0 aliphatic heterocycles. The molecule has 1 heterocycles. The first-order chi connectivity index (χ1) is 13.9. The Morgan fingerprint density at radius 1 is 1.17 bits per heavy atom. The van der Waals surface area contributed by atoms with Gasteiger partial charge in [0.15, 0.2) is 5.82 Å². The number of amides is 1. The highest BCUT2D eigenvalue weighted by molar-refractivity contribution is 7.99. The maximum absolute atomic E-state index is 12.2. The number of anilines is 1. The number of carbonyl (C=O) groups excluding carboxylic acids is 1. The number of benzene rings is 2. The van der Waals surface area contributed by atoms with Crippen molar-refractivity contribution >= 4 is 35.0 Å². The van der Waals surface area contributed by atoms with Crippen LogP contribution in [0, 0.1) is 0 Å². The van der Waals surface area contributed by atoms with Crippen LogP contribution in [0.4, 0.5) is 5.69 Å². The van der Waals surface area contributed by atoms with E-state index >= 15 is 0 Å². The fraction of sp³-hybridized carbons (Fsp3) is 0.250. The third-order valence-electron chi connectivity index (χ3n) is 4.11. The minimum atomic E-state index is -0.144. The van der Waals surface area contributed by atoms with Gasteiger partial charge >= 0.3 is 0 Å². The number of hydrogen-bond donors (Lipinski definition) is 2. The highest BCUT2D eigenvalue weighted by Gasteiger charge is 2.13. The second-order valence-corrected chi connectivity index (χ2v) is 8.00. The number of nitrogens with one attached hydrogen (secondary N) is 1. The van der Waals surface area contributed by atoms with E-state index in [9.17, 15) is 4.79 Å². The Labute approximate surface area is 178 Å². The summed E-state index contributed by atoms with van der Waals surface area (Å²) in [6.45, 7) is 4.41. The van der Waals surface area contributed by atoms with Gasteiger partial charge in [0.25, 0.3) is 0 Å². The first-order valence-corrected chi connectivity index (χ1v) is 10.4. The standard InChI is InChI=1S/C20H22ClN5O2S/c1-13(2)14-3-7-16(8-4-14)23-19(27)12-29-20-25-24-18(26(20)22)11-28-17-9-5-15(21)6-10-17/h3-10,13H,11-12,22H2,1-2H3,(H,23,27). The lowest BCUT2D eigenvalue weighted by Gasteiger charge is -2.08. The van der Waals surface area contributed by atoms with Crippen molar-refractivity contribution in [3.05, 3.63) is 64.9 Å². The van der Waals surface area contributed by atoms with E-state index in [0.717, 1.165) is 5.69 Å². The molecule has 9 heteroatoms. The molecule has 29 heavy (non-hydrogen) atoms. The lowest BCUT2D eigenvalue weighted by Crippen LogP contribution is -2.18. The van der Waals surface area contributed by atoms with E-state index < -0.39 is 0 Å². The Kier molecular flexibility index (Phi) is 7.00.